The van der Waals surface area contributed by atoms with Gasteiger partial charge in [-0.1, -0.05) is 13.3 Å². The molecule has 0 radical (unpaired) electrons. The van der Waals surface area contributed by atoms with Crippen molar-refractivity contribution in [3.05, 3.63) is 0 Å². The van der Waals surface area contributed by atoms with E-state index in [-0.39, 0.29) is 12.4 Å². The van der Waals surface area contributed by atoms with Gasteiger partial charge >= 0.3 is 0 Å². The van der Waals surface area contributed by atoms with E-state index in [9.17, 15) is 0 Å². The first kappa shape index (κ1) is 11.0. The second-order valence-corrected chi connectivity index (χ2v) is 1.32. The Morgan fingerprint density at radius 2 is 2.25 bits per heavy atom. The topological polar surface area (TPSA) is 47.3 Å². The molecule has 0 fully saturated rings. The Morgan fingerprint density at radius 3 is 2.62 bits per heavy atom. The van der Waals surface area contributed by atoms with Crippen molar-refractivity contribution in [1.29, 1.82) is 0 Å². The lowest BCUT2D eigenvalue weighted by Gasteiger charge is -1.95. The summed E-state index contributed by atoms with van der Waals surface area (Å²) >= 11 is 0. The molecule has 4 heteroatoms. The van der Waals surface area contributed by atoms with Crippen molar-refractivity contribution >= 4 is 12.4 Å². The van der Waals surface area contributed by atoms with Crippen LogP contribution in [0.25, 0.3) is 0 Å². The Labute approximate surface area is 55.9 Å². The van der Waals surface area contributed by atoms with E-state index < -0.39 is 0 Å². The number of hydrogen-bond acceptors (Lipinski definition) is 3. The Morgan fingerprint density at radius 1 is 1.62 bits per heavy atom. The van der Waals surface area contributed by atoms with Gasteiger partial charge in [0, 0.05) is 0 Å². The number of nitrogens with two attached hydrogens (primary N) is 1. The second-order valence-electron chi connectivity index (χ2n) is 1.32. The van der Waals surface area contributed by atoms with Crippen LogP contribution in [0.2, 0.25) is 0 Å². The molecule has 3 N–H and O–H groups in total. The van der Waals surface area contributed by atoms with Gasteiger partial charge in [-0.15, -0.1) is 18.0 Å². The molecule has 0 spiro atoms. The lowest BCUT2D eigenvalue weighted by atomic mass is 10.4. The molecular formula is C4H13ClN2O. The van der Waals surface area contributed by atoms with Crippen molar-refractivity contribution in [2.75, 3.05) is 6.61 Å². The summed E-state index contributed by atoms with van der Waals surface area (Å²) in [5.41, 5.74) is 2.10. The average Bonchev–Trinajstić information content (AvgIpc) is 1.69. The predicted molar refractivity (Wildman–Crippen MR) is 35.4 cm³/mol. The maximum Gasteiger partial charge on any atom is 0.0698 e. The van der Waals surface area contributed by atoms with Crippen LogP contribution in [0.15, 0.2) is 0 Å². The van der Waals surface area contributed by atoms with Gasteiger partial charge in [-0.2, -0.15) is 0 Å². The van der Waals surface area contributed by atoms with Crippen molar-refractivity contribution in [3.8, 4) is 0 Å². The van der Waals surface area contributed by atoms with E-state index in [1.807, 2.05) is 0 Å². The Kier molecular flexibility index (Phi) is 14.1. The van der Waals surface area contributed by atoms with Crippen LogP contribution in [-0.4, -0.2) is 6.61 Å². The number of nitrogens with one attached hydrogen (secondary N) is 1. The Bertz CT molecular complexity index is 33.2. The summed E-state index contributed by atoms with van der Waals surface area (Å²) in [6.07, 6.45) is 2.20. The molecule has 0 aromatic carbocycles. The van der Waals surface area contributed by atoms with Gasteiger partial charge in [0.2, 0.25) is 0 Å². The van der Waals surface area contributed by atoms with Gasteiger partial charge in [0.25, 0.3) is 0 Å². The molecule has 0 bridgehead atoms. The molecule has 0 aromatic heterocycles. The van der Waals surface area contributed by atoms with Crippen LogP contribution >= 0.6 is 12.4 Å². The molecule has 3 nitrogen and oxygen atoms in total. The van der Waals surface area contributed by atoms with Crippen LogP contribution in [0.1, 0.15) is 19.8 Å². The van der Waals surface area contributed by atoms with Gasteiger partial charge < -0.3 is 0 Å². The summed E-state index contributed by atoms with van der Waals surface area (Å²) < 4.78 is 0. The van der Waals surface area contributed by atoms with Crippen LogP contribution < -0.4 is 11.4 Å². The number of rotatable bonds is 4. The first-order chi connectivity index (χ1) is 3.41. The van der Waals surface area contributed by atoms with Gasteiger partial charge in [0.1, 0.15) is 0 Å². The second kappa shape index (κ2) is 10.2. The maximum absolute atomic E-state index is 4.80. The normalized spacial score (nSPS) is 8.25. The van der Waals surface area contributed by atoms with Gasteiger partial charge in [-0.25, -0.2) is 5.84 Å². The van der Waals surface area contributed by atoms with E-state index in [0.29, 0.717) is 6.61 Å². The average molecular weight is 141 g/mol. The molecule has 0 unspecified atom stereocenters. The van der Waals surface area contributed by atoms with Crippen molar-refractivity contribution in [1.82, 2.24) is 5.59 Å². The molecule has 0 rings (SSSR count). The van der Waals surface area contributed by atoms with Gasteiger partial charge in [0.05, 0.1) is 6.61 Å². The highest BCUT2D eigenvalue weighted by molar-refractivity contribution is 5.85. The fourth-order valence-corrected chi connectivity index (χ4v) is 0.275. The highest BCUT2D eigenvalue weighted by Gasteiger charge is 1.78. The summed E-state index contributed by atoms with van der Waals surface area (Å²) in [7, 11) is 0. The molecule has 0 aliphatic carbocycles. The van der Waals surface area contributed by atoms with E-state index in [4.69, 9.17) is 5.84 Å². The molecule has 0 aromatic rings. The number of unbranched alkanes of at least 4 members (excludes halogenated alkanes) is 1. The molecule has 0 saturated carbocycles. The largest absolute Gasteiger partial charge is 0.287 e. The molecule has 0 amide bonds. The summed E-state index contributed by atoms with van der Waals surface area (Å²) in [5, 5.41) is 0. The molecule has 8 heavy (non-hydrogen) atoms. The zero-order valence-corrected chi connectivity index (χ0v) is 5.83. The summed E-state index contributed by atoms with van der Waals surface area (Å²) in [4.78, 5) is 4.60. The van der Waals surface area contributed by atoms with E-state index in [1.54, 1.807) is 0 Å². The fraction of sp³-hybridized carbons (Fsp3) is 1.00. The third-order valence-electron chi connectivity index (χ3n) is 0.683. The van der Waals surface area contributed by atoms with Crippen LogP contribution in [0.5, 0.6) is 0 Å². The zero-order chi connectivity index (χ0) is 5.54. The first-order valence-corrected chi connectivity index (χ1v) is 2.49. The van der Waals surface area contributed by atoms with E-state index in [1.165, 1.54) is 0 Å². The predicted octanol–water partition coefficient (Wildman–Crippen LogP) is 0.603. The monoisotopic (exact) mass is 140 g/mol. The summed E-state index contributed by atoms with van der Waals surface area (Å²) in [5.74, 6) is 4.80. The summed E-state index contributed by atoms with van der Waals surface area (Å²) in [6.45, 7) is 2.80. The standard InChI is InChI=1S/C4H12N2O.ClH/c1-2-3-4-7-6-5;/h6H,2-5H2,1H3;1H. The maximum atomic E-state index is 4.80. The van der Waals surface area contributed by atoms with Gasteiger partial charge in [-0.05, 0) is 6.42 Å². The minimum absolute atomic E-state index is 0. The molecular weight excluding hydrogens is 128 g/mol. The van der Waals surface area contributed by atoms with Crippen molar-refractivity contribution < 1.29 is 4.84 Å². The van der Waals surface area contributed by atoms with Crippen LogP contribution in [-0.2, 0) is 4.84 Å². The minimum Gasteiger partial charge on any atom is -0.287 e. The van der Waals surface area contributed by atoms with Gasteiger partial charge in [0.15, 0.2) is 0 Å². The summed E-state index contributed by atoms with van der Waals surface area (Å²) in [6, 6.07) is 0. The van der Waals surface area contributed by atoms with Crippen LogP contribution in [0.3, 0.4) is 0 Å². The first-order valence-electron chi connectivity index (χ1n) is 2.49. The fourth-order valence-electron chi connectivity index (χ4n) is 0.275. The van der Waals surface area contributed by atoms with E-state index in [0.717, 1.165) is 12.8 Å². The highest BCUT2D eigenvalue weighted by atomic mass is 35.5. The SMILES string of the molecule is CCCCONN.Cl. The molecule has 52 valence electrons. The number of halogens is 1. The molecule has 0 aliphatic heterocycles. The zero-order valence-electron chi connectivity index (χ0n) is 5.02. The third kappa shape index (κ3) is 9.48. The van der Waals surface area contributed by atoms with Crippen LogP contribution in [0.4, 0.5) is 0 Å². The molecule has 0 heterocycles. The van der Waals surface area contributed by atoms with Crippen molar-refractivity contribution in [2.45, 2.75) is 19.8 Å². The van der Waals surface area contributed by atoms with Crippen LogP contribution in [0, 0.1) is 0 Å². The van der Waals surface area contributed by atoms with Crippen molar-refractivity contribution in [3.63, 3.8) is 0 Å². The molecule has 0 aliphatic rings. The molecule has 0 saturated heterocycles. The van der Waals surface area contributed by atoms with Crippen molar-refractivity contribution in [2.24, 2.45) is 5.84 Å². The third-order valence-corrected chi connectivity index (χ3v) is 0.683. The quantitative estimate of drug-likeness (QED) is 0.342. The number of hydrogen-bond donors (Lipinski definition) is 2. The lowest BCUT2D eigenvalue weighted by Crippen LogP contribution is -2.22. The highest BCUT2D eigenvalue weighted by Crippen LogP contribution is 1.82. The smallest absolute Gasteiger partial charge is 0.0698 e. The Hall–Kier alpha value is 0.170. The minimum atomic E-state index is 0. The lowest BCUT2D eigenvalue weighted by molar-refractivity contribution is 0.0393. The Balaban J connectivity index is 0. The van der Waals surface area contributed by atoms with E-state index in [2.05, 4.69) is 17.4 Å². The molecule has 0 atom stereocenters. The van der Waals surface area contributed by atoms with Gasteiger partial charge in [-0.3, -0.25) is 4.84 Å². The number of hydrazine groups is 1. The van der Waals surface area contributed by atoms with E-state index >= 15 is 0 Å².